The molecule has 3 rings (SSSR count). The highest BCUT2D eigenvalue weighted by atomic mass is 19.3. The van der Waals surface area contributed by atoms with Gasteiger partial charge in [-0.3, -0.25) is 0 Å². The van der Waals surface area contributed by atoms with E-state index in [2.05, 4.69) is 4.74 Å². The van der Waals surface area contributed by atoms with Crippen LogP contribution in [0.1, 0.15) is 11.1 Å². The minimum absolute atomic E-state index is 0.0731. The molecule has 1 aliphatic carbocycles. The first kappa shape index (κ1) is 19.1. The smallest absolute Gasteiger partial charge is 0.386 e. The number of ether oxygens (including phenoxy) is 1. The molecular weight excluding hydrogens is 381 g/mol. The minimum atomic E-state index is -5.93. The summed E-state index contributed by atoms with van der Waals surface area (Å²) in [5, 5.41) is 9.21. The lowest BCUT2D eigenvalue weighted by atomic mass is 10.0. The number of allylic oxidation sites excluding steroid dienone is 2. The maximum Gasteiger partial charge on any atom is 0.386 e. The highest BCUT2D eigenvalue weighted by molar-refractivity contribution is 5.38. The Kier molecular flexibility index (Phi) is 4.36. The van der Waals surface area contributed by atoms with E-state index in [0.29, 0.717) is 12.0 Å². The molecule has 2 aromatic rings. The second-order valence-corrected chi connectivity index (χ2v) is 5.96. The van der Waals surface area contributed by atoms with Crippen LogP contribution in [-0.4, -0.2) is 22.9 Å². The zero-order valence-corrected chi connectivity index (χ0v) is 13.3. The third-order valence-electron chi connectivity index (χ3n) is 4.04. The second-order valence-electron chi connectivity index (χ2n) is 5.96. The lowest BCUT2D eigenvalue weighted by Crippen LogP contribution is -2.49. The van der Waals surface area contributed by atoms with Crippen LogP contribution in [0.3, 0.4) is 0 Å². The first-order valence-corrected chi connectivity index (χ1v) is 7.55. The van der Waals surface area contributed by atoms with Crippen LogP contribution in [0, 0.1) is 0 Å². The number of aromatic hydroxyl groups is 1. The molecule has 0 atom stereocenters. The van der Waals surface area contributed by atoms with Crippen molar-refractivity contribution in [1.29, 1.82) is 0 Å². The fourth-order valence-corrected chi connectivity index (χ4v) is 2.51. The highest BCUT2D eigenvalue weighted by Crippen LogP contribution is 2.59. The molecule has 1 N–H and O–H groups in total. The molecule has 0 heterocycles. The summed E-state index contributed by atoms with van der Waals surface area (Å²) in [5.41, 5.74) is 1.45. The molecular formula is C18H11F7O2. The van der Waals surface area contributed by atoms with Gasteiger partial charge in [0.15, 0.2) is 0 Å². The molecule has 9 heteroatoms. The van der Waals surface area contributed by atoms with Gasteiger partial charge < -0.3 is 9.84 Å². The second kappa shape index (κ2) is 6.17. The maximum atomic E-state index is 13.5. The Bertz CT molecular complexity index is 872. The first-order valence-electron chi connectivity index (χ1n) is 7.55. The van der Waals surface area contributed by atoms with Crippen molar-refractivity contribution in [2.24, 2.45) is 0 Å². The van der Waals surface area contributed by atoms with Crippen LogP contribution in [0.2, 0.25) is 0 Å². The van der Waals surface area contributed by atoms with Crippen molar-refractivity contribution >= 4 is 0 Å². The van der Waals surface area contributed by atoms with Crippen molar-refractivity contribution in [3.63, 3.8) is 0 Å². The van der Waals surface area contributed by atoms with E-state index in [4.69, 9.17) is 0 Å². The van der Waals surface area contributed by atoms with Crippen LogP contribution in [0.5, 0.6) is 11.5 Å². The molecule has 0 saturated carbocycles. The molecule has 0 aromatic heterocycles. The van der Waals surface area contributed by atoms with Crippen molar-refractivity contribution in [1.82, 2.24) is 0 Å². The molecule has 1 aliphatic rings. The molecule has 0 unspecified atom stereocenters. The van der Waals surface area contributed by atoms with Crippen LogP contribution in [0.4, 0.5) is 30.7 Å². The van der Waals surface area contributed by atoms with Gasteiger partial charge in [-0.15, -0.1) is 0 Å². The number of alkyl halides is 6. The summed E-state index contributed by atoms with van der Waals surface area (Å²) in [6.07, 6.45) is 0.379. The third-order valence-corrected chi connectivity index (χ3v) is 4.04. The lowest BCUT2D eigenvalue weighted by molar-refractivity contribution is -0.272. The highest BCUT2D eigenvalue weighted by Gasteiger charge is 2.82. The average Bonchev–Trinajstić information content (AvgIpc) is 2.69. The standard InChI is InChI=1S/C18H11F7O2/c19-14-15(17(22,23)18(24,25)16(14,20)21)27-13-7-3-11(4-8-13)9-10-1-5-12(26)6-2-10/h1-8,26H,9H2. The number of phenolic OH excluding ortho intramolecular Hbond substituents is 1. The van der Waals surface area contributed by atoms with Gasteiger partial charge in [0.2, 0.25) is 11.6 Å². The van der Waals surface area contributed by atoms with E-state index in [1.165, 1.54) is 24.3 Å². The topological polar surface area (TPSA) is 29.5 Å². The summed E-state index contributed by atoms with van der Waals surface area (Å²) < 4.78 is 97.5. The molecule has 0 amide bonds. The lowest BCUT2D eigenvalue weighted by Gasteiger charge is -2.23. The van der Waals surface area contributed by atoms with Crippen molar-refractivity contribution in [2.45, 2.75) is 24.2 Å². The predicted octanol–water partition coefficient (Wildman–Crippen LogP) is 5.46. The van der Waals surface area contributed by atoms with E-state index in [1.807, 2.05) is 0 Å². The van der Waals surface area contributed by atoms with E-state index in [-0.39, 0.29) is 5.75 Å². The minimum Gasteiger partial charge on any atom is -0.508 e. The van der Waals surface area contributed by atoms with Gasteiger partial charge in [0.25, 0.3) is 0 Å². The van der Waals surface area contributed by atoms with E-state index < -0.39 is 35.1 Å². The van der Waals surface area contributed by atoms with Gasteiger partial charge in [0, 0.05) is 0 Å². The SMILES string of the molecule is Oc1ccc(Cc2ccc(OC3=C(F)C(F)(F)C(F)(F)C3(F)F)cc2)cc1. The van der Waals surface area contributed by atoms with Gasteiger partial charge in [-0.05, 0) is 41.8 Å². The number of hydrogen-bond donors (Lipinski definition) is 1. The molecule has 0 fully saturated rings. The Balaban J connectivity index is 1.80. The van der Waals surface area contributed by atoms with Crippen LogP contribution >= 0.6 is 0 Å². The monoisotopic (exact) mass is 392 g/mol. The summed E-state index contributed by atoms with van der Waals surface area (Å²) in [6.45, 7) is 0. The van der Waals surface area contributed by atoms with Crippen LogP contribution in [0.25, 0.3) is 0 Å². The zero-order chi connectivity index (χ0) is 20.0. The number of benzene rings is 2. The molecule has 2 nitrogen and oxygen atoms in total. The Hall–Kier alpha value is -2.71. The maximum absolute atomic E-state index is 13.5. The number of rotatable bonds is 4. The molecule has 27 heavy (non-hydrogen) atoms. The summed E-state index contributed by atoms with van der Waals surface area (Å²) >= 11 is 0. The van der Waals surface area contributed by atoms with Gasteiger partial charge in [-0.2, -0.15) is 26.3 Å². The van der Waals surface area contributed by atoms with E-state index >= 15 is 0 Å². The summed E-state index contributed by atoms with van der Waals surface area (Å²) in [6, 6.07) is 11.1. The quantitative estimate of drug-likeness (QED) is 0.700. The molecule has 0 bridgehead atoms. The first-order chi connectivity index (χ1) is 12.5. The van der Waals surface area contributed by atoms with Crippen LogP contribution in [0.15, 0.2) is 60.1 Å². The Morgan fingerprint density at radius 1 is 0.741 bits per heavy atom. The van der Waals surface area contributed by atoms with Crippen LogP contribution < -0.4 is 4.74 Å². The van der Waals surface area contributed by atoms with Crippen molar-refractivity contribution < 1.29 is 40.6 Å². The number of phenols is 1. The van der Waals surface area contributed by atoms with Gasteiger partial charge in [0.1, 0.15) is 11.5 Å². The molecule has 0 radical (unpaired) electrons. The summed E-state index contributed by atoms with van der Waals surface area (Å²) in [5.74, 6) is -22.9. The van der Waals surface area contributed by atoms with Gasteiger partial charge in [0.05, 0.1) is 0 Å². The Labute approximate surface area is 148 Å². The van der Waals surface area contributed by atoms with Gasteiger partial charge in [-0.1, -0.05) is 24.3 Å². The van der Waals surface area contributed by atoms with Crippen molar-refractivity contribution in [2.75, 3.05) is 0 Å². The fraction of sp³-hybridized carbons (Fsp3) is 0.222. The van der Waals surface area contributed by atoms with Crippen LogP contribution in [-0.2, 0) is 6.42 Å². The largest absolute Gasteiger partial charge is 0.508 e. The molecule has 144 valence electrons. The zero-order valence-electron chi connectivity index (χ0n) is 13.3. The summed E-state index contributed by atoms with van der Waals surface area (Å²) in [7, 11) is 0. The van der Waals surface area contributed by atoms with Crippen molar-refractivity contribution in [3.8, 4) is 11.5 Å². The van der Waals surface area contributed by atoms with E-state index in [9.17, 15) is 35.8 Å². The molecule has 0 saturated heterocycles. The molecule has 0 aliphatic heterocycles. The Morgan fingerprint density at radius 3 is 1.67 bits per heavy atom. The average molecular weight is 392 g/mol. The molecule has 0 spiro atoms. The number of halogens is 7. The van der Waals surface area contributed by atoms with Gasteiger partial charge >= 0.3 is 17.8 Å². The van der Waals surface area contributed by atoms with E-state index in [1.54, 1.807) is 12.1 Å². The summed E-state index contributed by atoms with van der Waals surface area (Å²) in [4.78, 5) is 0. The fourth-order valence-electron chi connectivity index (χ4n) is 2.51. The normalized spacial score (nSPS) is 20.0. The predicted molar refractivity (Wildman–Crippen MR) is 81.0 cm³/mol. The number of hydrogen-bond acceptors (Lipinski definition) is 2. The third kappa shape index (κ3) is 3.00. The van der Waals surface area contributed by atoms with Crippen molar-refractivity contribution in [3.05, 3.63) is 71.2 Å². The Morgan fingerprint density at radius 2 is 1.22 bits per heavy atom. The van der Waals surface area contributed by atoms with Gasteiger partial charge in [-0.25, -0.2) is 4.39 Å². The van der Waals surface area contributed by atoms with E-state index in [0.717, 1.165) is 17.7 Å². The molecule has 2 aromatic carbocycles.